The lowest BCUT2D eigenvalue weighted by molar-refractivity contribution is 1.04. The van der Waals surface area contributed by atoms with E-state index < -0.39 is 0 Å². The van der Waals surface area contributed by atoms with E-state index in [1.807, 2.05) is 0 Å². The van der Waals surface area contributed by atoms with E-state index in [0.29, 0.717) is 0 Å². The van der Waals surface area contributed by atoms with Gasteiger partial charge in [0.1, 0.15) is 0 Å². The van der Waals surface area contributed by atoms with Gasteiger partial charge in [-0.2, -0.15) is 0 Å². The van der Waals surface area contributed by atoms with Crippen LogP contribution in [0.1, 0.15) is 36.1 Å². The molecule has 0 spiro atoms. The number of rotatable bonds is 2. The molecule has 0 aliphatic rings. The molecule has 1 rings (SSSR count). The van der Waals surface area contributed by atoms with Crippen molar-refractivity contribution in [1.82, 2.24) is 0 Å². The third-order valence-corrected chi connectivity index (χ3v) is 2.81. The molecule has 0 saturated carbocycles. The third kappa shape index (κ3) is 1.69. The first kappa shape index (κ1) is 10.1. The molecule has 1 heteroatoms. The predicted molar refractivity (Wildman–Crippen MR) is 59.1 cm³/mol. The van der Waals surface area contributed by atoms with Crippen LogP contribution in [0.3, 0.4) is 0 Å². The summed E-state index contributed by atoms with van der Waals surface area (Å²) < 4.78 is 0. The Morgan fingerprint density at radius 2 is 1.77 bits per heavy atom. The molecule has 1 aromatic rings. The maximum Gasteiger partial charge on any atom is 0.0379 e. The van der Waals surface area contributed by atoms with Gasteiger partial charge >= 0.3 is 0 Å². The van der Waals surface area contributed by atoms with E-state index in [1.165, 1.54) is 22.3 Å². The highest BCUT2D eigenvalue weighted by molar-refractivity contribution is 5.59. The van der Waals surface area contributed by atoms with Gasteiger partial charge in [-0.15, -0.1) is 0 Å². The largest absolute Gasteiger partial charge is 0.398 e. The second-order valence-electron chi connectivity index (χ2n) is 3.58. The summed E-state index contributed by atoms with van der Waals surface area (Å²) in [6.45, 7) is 8.62. The second kappa shape index (κ2) is 3.82. The summed E-state index contributed by atoms with van der Waals surface area (Å²) in [5, 5.41) is 0. The summed E-state index contributed by atoms with van der Waals surface area (Å²) in [4.78, 5) is 0. The van der Waals surface area contributed by atoms with Crippen LogP contribution < -0.4 is 5.73 Å². The van der Waals surface area contributed by atoms with Gasteiger partial charge < -0.3 is 5.73 Å². The Bertz CT molecular complexity index is 313. The SMILES string of the molecule is CCc1cc(C)c(N)c(CC)c1C. The molecule has 1 aromatic carbocycles. The zero-order valence-electron chi connectivity index (χ0n) is 9.07. The number of nitrogens with two attached hydrogens (primary N) is 1. The Morgan fingerprint density at radius 1 is 1.15 bits per heavy atom. The maximum absolute atomic E-state index is 6.02. The summed E-state index contributed by atoms with van der Waals surface area (Å²) in [6.07, 6.45) is 2.13. The second-order valence-corrected chi connectivity index (χ2v) is 3.58. The molecule has 1 nitrogen and oxygen atoms in total. The van der Waals surface area contributed by atoms with Crippen molar-refractivity contribution in [3.63, 3.8) is 0 Å². The van der Waals surface area contributed by atoms with Gasteiger partial charge in [-0.25, -0.2) is 0 Å². The van der Waals surface area contributed by atoms with E-state index in [1.54, 1.807) is 0 Å². The molecular formula is C12H19N. The fourth-order valence-electron chi connectivity index (χ4n) is 1.90. The molecule has 13 heavy (non-hydrogen) atoms. The Balaban J connectivity index is 3.39. The zero-order valence-corrected chi connectivity index (χ0v) is 9.07. The Labute approximate surface area is 81.0 Å². The molecule has 2 N–H and O–H groups in total. The lowest BCUT2D eigenvalue weighted by Crippen LogP contribution is -2.02. The third-order valence-electron chi connectivity index (χ3n) is 2.81. The molecule has 0 saturated heterocycles. The monoisotopic (exact) mass is 177 g/mol. The molecule has 0 heterocycles. The topological polar surface area (TPSA) is 26.0 Å². The lowest BCUT2D eigenvalue weighted by Gasteiger charge is -2.14. The quantitative estimate of drug-likeness (QED) is 0.690. The van der Waals surface area contributed by atoms with Crippen molar-refractivity contribution in [3.8, 4) is 0 Å². The van der Waals surface area contributed by atoms with Crippen molar-refractivity contribution in [2.75, 3.05) is 5.73 Å². The fraction of sp³-hybridized carbons (Fsp3) is 0.500. The average Bonchev–Trinajstić information content (AvgIpc) is 2.12. The van der Waals surface area contributed by atoms with Crippen LogP contribution in [0.15, 0.2) is 6.07 Å². The normalized spacial score (nSPS) is 10.5. The van der Waals surface area contributed by atoms with Crippen LogP contribution in [0.2, 0.25) is 0 Å². The van der Waals surface area contributed by atoms with Gasteiger partial charge in [0.25, 0.3) is 0 Å². The number of nitrogen functional groups attached to an aromatic ring is 1. The summed E-state index contributed by atoms with van der Waals surface area (Å²) in [5.74, 6) is 0. The first-order valence-electron chi connectivity index (χ1n) is 4.99. The van der Waals surface area contributed by atoms with Gasteiger partial charge in [-0.3, -0.25) is 0 Å². The minimum atomic E-state index is 0.984. The highest BCUT2D eigenvalue weighted by Gasteiger charge is 2.07. The zero-order chi connectivity index (χ0) is 10.0. The van der Waals surface area contributed by atoms with Crippen LogP contribution in [0.25, 0.3) is 0 Å². The number of benzene rings is 1. The van der Waals surface area contributed by atoms with Crippen LogP contribution in [0, 0.1) is 13.8 Å². The van der Waals surface area contributed by atoms with Crippen molar-refractivity contribution in [1.29, 1.82) is 0 Å². The summed E-state index contributed by atoms with van der Waals surface area (Å²) in [6, 6.07) is 2.21. The van der Waals surface area contributed by atoms with E-state index >= 15 is 0 Å². The van der Waals surface area contributed by atoms with Crippen molar-refractivity contribution in [3.05, 3.63) is 28.3 Å². The first-order chi connectivity index (χ1) is 6.11. The Morgan fingerprint density at radius 3 is 2.23 bits per heavy atom. The molecule has 0 unspecified atom stereocenters. The van der Waals surface area contributed by atoms with E-state index in [2.05, 4.69) is 33.8 Å². The molecular weight excluding hydrogens is 158 g/mol. The van der Waals surface area contributed by atoms with E-state index in [9.17, 15) is 0 Å². The van der Waals surface area contributed by atoms with Gasteiger partial charge in [0.05, 0.1) is 0 Å². The number of hydrogen-bond donors (Lipinski definition) is 1. The molecule has 0 fully saturated rings. The Hall–Kier alpha value is -0.980. The van der Waals surface area contributed by atoms with Crippen LogP contribution in [-0.4, -0.2) is 0 Å². The van der Waals surface area contributed by atoms with E-state index in [-0.39, 0.29) is 0 Å². The molecule has 0 aliphatic heterocycles. The molecule has 0 aliphatic carbocycles. The number of hydrogen-bond acceptors (Lipinski definition) is 1. The van der Waals surface area contributed by atoms with Crippen molar-refractivity contribution in [2.45, 2.75) is 40.5 Å². The first-order valence-corrected chi connectivity index (χ1v) is 4.99. The summed E-state index contributed by atoms with van der Waals surface area (Å²) in [5.41, 5.74) is 12.4. The fourth-order valence-corrected chi connectivity index (χ4v) is 1.90. The summed E-state index contributed by atoms with van der Waals surface area (Å²) in [7, 11) is 0. The minimum absolute atomic E-state index is 0.984. The predicted octanol–water partition coefficient (Wildman–Crippen LogP) is 3.01. The molecule has 0 atom stereocenters. The number of aryl methyl sites for hydroxylation is 2. The van der Waals surface area contributed by atoms with Crippen LogP contribution in [-0.2, 0) is 12.8 Å². The molecule has 0 aromatic heterocycles. The van der Waals surface area contributed by atoms with Crippen molar-refractivity contribution in [2.24, 2.45) is 0 Å². The van der Waals surface area contributed by atoms with E-state index in [0.717, 1.165) is 18.5 Å². The van der Waals surface area contributed by atoms with Gasteiger partial charge in [0.2, 0.25) is 0 Å². The summed E-state index contributed by atoms with van der Waals surface area (Å²) >= 11 is 0. The lowest BCUT2D eigenvalue weighted by atomic mass is 9.94. The number of anilines is 1. The molecule has 72 valence electrons. The van der Waals surface area contributed by atoms with Crippen LogP contribution >= 0.6 is 0 Å². The standard InChI is InChI=1S/C12H19N/c1-5-10-7-8(3)12(13)11(6-2)9(10)4/h7H,5-6,13H2,1-4H3. The minimum Gasteiger partial charge on any atom is -0.398 e. The Kier molecular flexibility index (Phi) is 2.97. The molecule has 0 bridgehead atoms. The van der Waals surface area contributed by atoms with Crippen molar-refractivity contribution < 1.29 is 0 Å². The maximum atomic E-state index is 6.02. The van der Waals surface area contributed by atoms with Crippen LogP contribution in [0.4, 0.5) is 5.69 Å². The average molecular weight is 177 g/mol. The van der Waals surface area contributed by atoms with E-state index in [4.69, 9.17) is 5.73 Å². The van der Waals surface area contributed by atoms with Crippen molar-refractivity contribution >= 4 is 5.69 Å². The van der Waals surface area contributed by atoms with Gasteiger partial charge in [-0.1, -0.05) is 19.9 Å². The molecule has 0 radical (unpaired) electrons. The molecule has 0 amide bonds. The van der Waals surface area contributed by atoms with Gasteiger partial charge in [0.15, 0.2) is 0 Å². The highest BCUT2D eigenvalue weighted by Crippen LogP contribution is 2.25. The van der Waals surface area contributed by atoms with Gasteiger partial charge in [-0.05, 0) is 48.9 Å². The van der Waals surface area contributed by atoms with Gasteiger partial charge in [0, 0.05) is 5.69 Å². The highest BCUT2D eigenvalue weighted by atomic mass is 14.6. The smallest absolute Gasteiger partial charge is 0.0379 e. The van der Waals surface area contributed by atoms with Crippen LogP contribution in [0.5, 0.6) is 0 Å².